The zero-order valence-electron chi connectivity index (χ0n) is 14.7. The van der Waals surface area contributed by atoms with Gasteiger partial charge in [0.25, 0.3) is 11.8 Å². The fourth-order valence-corrected chi connectivity index (χ4v) is 2.83. The molecule has 7 nitrogen and oxygen atoms in total. The Labute approximate surface area is 156 Å². The lowest BCUT2D eigenvalue weighted by atomic mass is 10.1. The first kappa shape index (κ1) is 16.8. The standard InChI is InChI=1S/C20H18N4O3/c1-13-19(25)23-17-11-16(7-8-18(17)27-13)22-20(26)15-5-3-14(4-6-15)12-24-10-2-9-21-24/h2-11,13H,12H2,1H3,(H,22,26)(H,23,25)/t13-/m1/s1. The molecule has 2 aromatic carbocycles. The summed E-state index contributed by atoms with van der Waals surface area (Å²) in [5.41, 5.74) is 2.73. The minimum absolute atomic E-state index is 0.209. The Morgan fingerprint density at radius 2 is 2.07 bits per heavy atom. The monoisotopic (exact) mass is 362 g/mol. The van der Waals surface area contributed by atoms with Crippen molar-refractivity contribution in [2.24, 2.45) is 0 Å². The number of aromatic nitrogens is 2. The molecule has 136 valence electrons. The summed E-state index contributed by atoms with van der Waals surface area (Å²) in [6.07, 6.45) is 3.09. The lowest BCUT2D eigenvalue weighted by Gasteiger charge is -2.23. The van der Waals surface area contributed by atoms with Crippen LogP contribution in [0, 0.1) is 0 Å². The minimum atomic E-state index is -0.529. The largest absolute Gasteiger partial charge is 0.479 e. The van der Waals surface area contributed by atoms with Crippen LogP contribution in [0.3, 0.4) is 0 Å². The van der Waals surface area contributed by atoms with Crippen LogP contribution in [-0.2, 0) is 11.3 Å². The van der Waals surface area contributed by atoms with Gasteiger partial charge < -0.3 is 15.4 Å². The van der Waals surface area contributed by atoms with Crippen molar-refractivity contribution in [3.63, 3.8) is 0 Å². The van der Waals surface area contributed by atoms with Gasteiger partial charge in [0.15, 0.2) is 6.10 Å². The zero-order valence-corrected chi connectivity index (χ0v) is 14.7. The molecule has 2 heterocycles. The van der Waals surface area contributed by atoms with Gasteiger partial charge in [-0.3, -0.25) is 14.3 Å². The number of benzene rings is 2. The van der Waals surface area contributed by atoms with Crippen molar-refractivity contribution in [1.29, 1.82) is 0 Å². The van der Waals surface area contributed by atoms with E-state index < -0.39 is 6.10 Å². The number of fused-ring (bicyclic) bond motifs is 1. The van der Waals surface area contributed by atoms with Crippen molar-refractivity contribution in [3.05, 3.63) is 72.1 Å². The van der Waals surface area contributed by atoms with Gasteiger partial charge in [0, 0.05) is 23.6 Å². The first-order chi connectivity index (χ1) is 13.1. The number of hydrogen-bond acceptors (Lipinski definition) is 4. The molecular weight excluding hydrogens is 344 g/mol. The number of amides is 2. The van der Waals surface area contributed by atoms with Gasteiger partial charge in [0.05, 0.1) is 12.2 Å². The smallest absolute Gasteiger partial charge is 0.265 e. The molecule has 1 aromatic heterocycles. The summed E-state index contributed by atoms with van der Waals surface area (Å²) in [6.45, 7) is 2.34. The maximum atomic E-state index is 12.5. The topological polar surface area (TPSA) is 85.2 Å². The molecule has 27 heavy (non-hydrogen) atoms. The van der Waals surface area contributed by atoms with Gasteiger partial charge in [0.1, 0.15) is 5.75 Å². The predicted octanol–water partition coefficient (Wildman–Crippen LogP) is 2.90. The molecule has 7 heteroatoms. The molecule has 1 aliphatic rings. The molecule has 0 radical (unpaired) electrons. The number of rotatable bonds is 4. The molecule has 2 amide bonds. The van der Waals surface area contributed by atoms with Gasteiger partial charge in [-0.15, -0.1) is 0 Å². The average Bonchev–Trinajstić information content (AvgIpc) is 3.16. The molecular formula is C20H18N4O3. The molecule has 0 bridgehead atoms. The van der Waals surface area contributed by atoms with Gasteiger partial charge in [-0.2, -0.15) is 5.10 Å². The Bertz CT molecular complexity index is 981. The SMILES string of the molecule is C[C@H]1Oc2ccc(NC(=O)c3ccc(Cn4cccn4)cc3)cc2NC1=O. The fourth-order valence-electron chi connectivity index (χ4n) is 2.83. The molecule has 4 rings (SSSR count). The van der Waals surface area contributed by atoms with E-state index >= 15 is 0 Å². The van der Waals surface area contributed by atoms with Crippen molar-refractivity contribution >= 4 is 23.2 Å². The third-order valence-electron chi connectivity index (χ3n) is 4.29. The predicted molar refractivity (Wildman–Crippen MR) is 101 cm³/mol. The van der Waals surface area contributed by atoms with E-state index in [9.17, 15) is 9.59 Å². The zero-order chi connectivity index (χ0) is 18.8. The lowest BCUT2D eigenvalue weighted by Crippen LogP contribution is -2.34. The van der Waals surface area contributed by atoms with E-state index in [1.54, 1.807) is 43.5 Å². The highest BCUT2D eigenvalue weighted by atomic mass is 16.5. The number of ether oxygens (including phenoxy) is 1. The second-order valence-corrected chi connectivity index (χ2v) is 6.31. The first-order valence-corrected chi connectivity index (χ1v) is 8.58. The number of nitrogens with one attached hydrogen (secondary N) is 2. The summed E-state index contributed by atoms with van der Waals surface area (Å²) in [5, 5.41) is 9.77. The number of carbonyl (C=O) groups is 2. The quantitative estimate of drug-likeness (QED) is 0.747. The highest BCUT2D eigenvalue weighted by molar-refractivity contribution is 6.05. The Balaban J connectivity index is 1.44. The molecule has 0 spiro atoms. The van der Waals surface area contributed by atoms with Crippen LogP contribution in [0.1, 0.15) is 22.8 Å². The van der Waals surface area contributed by atoms with Crippen LogP contribution in [0.4, 0.5) is 11.4 Å². The van der Waals surface area contributed by atoms with Crippen LogP contribution >= 0.6 is 0 Å². The van der Waals surface area contributed by atoms with Crippen molar-refractivity contribution in [2.45, 2.75) is 19.6 Å². The molecule has 0 saturated heterocycles. The lowest BCUT2D eigenvalue weighted by molar-refractivity contribution is -0.122. The van der Waals surface area contributed by atoms with Crippen LogP contribution in [0.25, 0.3) is 0 Å². The number of carbonyl (C=O) groups excluding carboxylic acids is 2. The molecule has 1 aliphatic heterocycles. The number of anilines is 2. The van der Waals surface area contributed by atoms with E-state index in [0.717, 1.165) is 5.56 Å². The summed E-state index contributed by atoms with van der Waals surface area (Å²) in [7, 11) is 0. The van der Waals surface area contributed by atoms with Gasteiger partial charge in [-0.25, -0.2) is 0 Å². The number of hydrogen-bond donors (Lipinski definition) is 2. The highest BCUT2D eigenvalue weighted by Crippen LogP contribution is 2.32. The average molecular weight is 362 g/mol. The van der Waals surface area contributed by atoms with Crippen LogP contribution < -0.4 is 15.4 Å². The minimum Gasteiger partial charge on any atom is -0.479 e. The maximum absolute atomic E-state index is 12.5. The molecule has 0 fully saturated rings. The third kappa shape index (κ3) is 3.67. The molecule has 0 saturated carbocycles. The van der Waals surface area contributed by atoms with Crippen molar-refractivity contribution < 1.29 is 14.3 Å². The molecule has 0 aliphatic carbocycles. The fraction of sp³-hybridized carbons (Fsp3) is 0.150. The normalized spacial score (nSPS) is 15.4. The van der Waals surface area contributed by atoms with E-state index in [2.05, 4.69) is 15.7 Å². The van der Waals surface area contributed by atoms with Gasteiger partial charge in [-0.1, -0.05) is 12.1 Å². The van der Waals surface area contributed by atoms with Crippen molar-refractivity contribution in [3.8, 4) is 5.75 Å². The molecule has 1 atom stereocenters. The van der Waals surface area contributed by atoms with Crippen LogP contribution in [0.5, 0.6) is 5.75 Å². The summed E-state index contributed by atoms with van der Waals surface area (Å²) in [4.78, 5) is 24.2. The van der Waals surface area contributed by atoms with Crippen LogP contribution in [0.15, 0.2) is 60.9 Å². The second-order valence-electron chi connectivity index (χ2n) is 6.31. The molecule has 0 unspecified atom stereocenters. The van der Waals surface area contributed by atoms with E-state index in [-0.39, 0.29) is 11.8 Å². The Hall–Kier alpha value is -3.61. The molecule has 3 aromatic rings. The van der Waals surface area contributed by atoms with Crippen molar-refractivity contribution in [1.82, 2.24) is 9.78 Å². The van der Waals surface area contributed by atoms with Crippen molar-refractivity contribution in [2.75, 3.05) is 10.6 Å². The van der Waals surface area contributed by atoms with Gasteiger partial charge in [0.2, 0.25) is 0 Å². The third-order valence-corrected chi connectivity index (χ3v) is 4.29. The Kier molecular flexibility index (Phi) is 4.33. The number of nitrogens with zero attached hydrogens (tertiary/aromatic N) is 2. The maximum Gasteiger partial charge on any atom is 0.265 e. The second kappa shape index (κ2) is 6.95. The summed E-state index contributed by atoms with van der Waals surface area (Å²) in [5.74, 6) is 0.152. The Morgan fingerprint density at radius 3 is 2.81 bits per heavy atom. The van der Waals surface area contributed by atoms with E-state index in [1.807, 2.05) is 29.1 Å². The summed E-state index contributed by atoms with van der Waals surface area (Å²) >= 11 is 0. The Morgan fingerprint density at radius 1 is 1.26 bits per heavy atom. The summed E-state index contributed by atoms with van der Waals surface area (Å²) in [6, 6.07) is 14.4. The summed E-state index contributed by atoms with van der Waals surface area (Å²) < 4.78 is 7.33. The highest BCUT2D eigenvalue weighted by Gasteiger charge is 2.23. The van der Waals surface area contributed by atoms with E-state index in [0.29, 0.717) is 29.2 Å². The molecule has 2 N–H and O–H groups in total. The first-order valence-electron chi connectivity index (χ1n) is 8.58. The van der Waals surface area contributed by atoms with E-state index in [1.165, 1.54) is 0 Å². The van der Waals surface area contributed by atoms with E-state index in [4.69, 9.17) is 4.74 Å². The van der Waals surface area contributed by atoms with Gasteiger partial charge in [-0.05, 0) is 48.9 Å². The van der Waals surface area contributed by atoms with Crippen LogP contribution in [0.2, 0.25) is 0 Å². The van der Waals surface area contributed by atoms with Gasteiger partial charge >= 0.3 is 0 Å². The van der Waals surface area contributed by atoms with Crippen LogP contribution in [-0.4, -0.2) is 27.7 Å².